The Morgan fingerprint density at radius 3 is 3.05 bits per heavy atom. The van der Waals surface area contributed by atoms with E-state index in [0.29, 0.717) is 17.0 Å². The molecular weight excluding hydrogens is 244 g/mol. The number of aryl methyl sites for hydroxylation is 3. The van der Waals surface area contributed by atoms with Gasteiger partial charge in [0.25, 0.3) is 5.91 Å². The quantitative estimate of drug-likeness (QED) is 0.901. The number of aromatic nitrogens is 1. The highest BCUT2D eigenvalue weighted by Gasteiger charge is 2.26. The summed E-state index contributed by atoms with van der Waals surface area (Å²) in [5, 5.41) is 6.86. The minimum atomic E-state index is -0.129. The molecule has 2 aromatic heterocycles. The molecule has 2 aromatic rings. The van der Waals surface area contributed by atoms with Crippen LogP contribution in [0.15, 0.2) is 21.3 Å². The molecule has 5 heteroatoms. The molecule has 2 heterocycles. The van der Waals surface area contributed by atoms with Crippen LogP contribution in [0.5, 0.6) is 0 Å². The highest BCUT2D eigenvalue weighted by Crippen LogP contribution is 2.30. The van der Waals surface area contributed by atoms with Crippen LogP contribution >= 0.6 is 0 Å². The summed E-state index contributed by atoms with van der Waals surface area (Å²) in [4.78, 5) is 12.3. The Hall–Kier alpha value is -2.04. The number of carbonyl (C=O) groups excluding carboxylic acids is 1. The van der Waals surface area contributed by atoms with Crippen molar-refractivity contribution in [3.05, 3.63) is 40.7 Å². The molecule has 0 saturated carbocycles. The Bertz CT molecular complexity index is 592. The number of nitrogens with one attached hydrogen (secondary N) is 1. The van der Waals surface area contributed by atoms with E-state index in [-0.39, 0.29) is 11.9 Å². The molecule has 0 radical (unpaired) electrons. The maximum atomic E-state index is 12.3. The van der Waals surface area contributed by atoms with Gasteiger partial charge < -0.3 is 14.3 Å². The van der Waals surface area contributed by atoms with Gasteiger partial charge in [0.1, 0.15) is 17.1 Å². The van der Waals surface area contributed by atoms with E-state index < -0.39 is 0 Å². The lowest BCUT2D eigenvalue weighted by molar-refractivity contribution is 0.0930. The number of rotatable bonds is 2. The Morgan fingerprint density at radius 1 is 1.47 bits per heavy atom. The van der Waals surface area contributed by atoms with Crippen LogP contribution in [-0.2, 0) is 6.42 Å². The lowest BCUT2D eigenvalue weighted by Crippen LogP contribution is -2.31. The van der Waals surface area contributed by atoms with E-state index >= 15 is 0 Å². The van der Waals surface area contributed by atoms with Crippen molar-refractivity contribution in [1.29, 1.82) is 0 Å². The Labute approximate surface area is 111 Å². The summed E-state index contributed by atoms with van der Waals surface area (Å²) in [6, 6.07) is 1.95. The van der Waals surface area contributed by atoms with Gasteiger partial charge in [0.2, 0.25) is 0 Å². The Kier molecular flexibility index (Phi) is 2.89. The van der Waals surface area contributed by atoms with E-state index in [1.807, 2.05) is 6.07 Å². The van der Waals surface area contributed by atoms with E-state index in [4.69, 9.17) is 8.94 Å². The topological polar surface area (TPSA) is 68.3 Å². The van der Waals surface area contributed by atoms with Crippen LogP contribution in [0.4, 0.5) is 0 Å². The first-order chi connectivity index (χ1) is 9.16. The number of hydrogen-bond donors (Lipinski definition) is 1. The molecule has 3 rings (SSSR count). The molecule has 1 amide bonds. The molecule has 0 fully saturated rings. The number of fused-ring (bicyclic) bond motifs is 1. The second-order valence-corrected chi connectivity index (χ2v) is 4.92. The molecule has 1 atom stereocenters. The van der Waals surface area contributed by atoms with E-state index in [0.717, 1.165) is 30.6 Å². The van der Waals surface area contributed by atoms with Gasteiger partial charge in [-0.25, -0.2) is 0 Å². The average molecular weight is 260 g/mol. The molecule has 1 aliphatic rings. The van der Waals surface area contributed by atoms with Gasteiger partial charge in [0.05, 0.1) is 18.0 Å². The zero-order chi connectivity index (χ0) is 13.4. The maximum Gasteiger partial charge on any atom is 0.257 e. The predicted octanol–water partition coefficient (Wildman–Crippen LogP) is 2.69. The molecule has 5 nitrogen and oxygen atoms in total. The molecule has 0 aliphatic heterocycles. The number of nitrogens with zero attached hydrogens (tertiary/aromatic N) is 1. The third kappa shape index (κ3) is 2.05. The second-order valence-electron chi connectivity index (χ2n) is 4.92. The van der Waals surface area contributed by atoms with Crippen molar-refractivity contribution >= 4 is 5.91 Å². The molecule has 0 unspecified atom stereocenters. The van der Waals surface area contributed by atoms with Crippen molar-refractivity contribution in [3.63, 3.8) is 0 Å². The number of furan rings is 1. The highest BCUT2D eigenvalue weighted by molar-refractivity contribution is 5.96. The van der Waals surface area contributed by atoms with E-state index in [2.05, 4.69) is 10.5 Å². The number of carbonyl (C=O) groups is 1. The van der Waals surface area contributed by atoms with Crippen LogP contribution in [-0.4, -0.2) is 11.1 Å². The maximum absolute atomic E-state index is 12.3. The lowest BCUT2D eigenvalue weighted by Gasteiger charge is -2.22. The summed E-state index contributed by atoms with van der Waals surface area (Å²) in [6.07, 6.45) is 4.58. The fourth-order valence-electron chi connectivity index (χ4n) is 2.67. The molecule has 0 bridgehead atoms. The Morgan fingerprint density at radius 2 is 2.32 bits per heavy atom. The van der Waals surface area contributed by atoms with Crippen LogP contribution in [0.2, 0.25) is 0 Å². The average Bonchev–Trinajstić information content (AvgIpc) is 2.97. The molecule has 0 saturated heterocycles. The van der Waals surface area contributed by atoms with Crippen molar-refractivity contribution in [2.75, 3.05) is 0 Å². The van der Waals surface area contributed by atoms with Gasteiger partial charge in [-0.15, -0.1) is 0 Å². The van der Waals surface area contributed by atoms with Crippen LogP contribution in [0.1, 0.15) is 52.0 Å². The molecular formula is C14H16N2O3. The first-order valence-electron chi connectivity index (χ1n) is 6.47. The minimum Gasteiger partial charge on any atom is -0.469 e. The summed E-state index contributed by atoms with van der Waals surface area (Å²) in [6.45, 7) is 3.52. The normalized spacial score (nSPS) is 18.1. The zero-order valence-electron chi connectivity index (χ0n) is 11.0. The molecule has 0 spiro atoms. The number of hydrogen-bond acceptors (Lipinski definition) is 4. The van der Waals surface area contributed by atoms with Gasteiger partial charge in [-0.1, -0.05) is 5.16 Å². The molecule has 100 valence electrons. The molecule has 1 aliphatic carbocycles. The monoisotopic (exact) mass is 260 g/mol. The smallest absolute Gasteiger partial charge is 0.257 e. The van der Waals surface area contributed by atoms with Gasteiger partial charge >= 0.3 is 0 Å². The van der Waals surface area contributed by atoms with E-state index in [1.165, 1.54) is 0 Å². The molecule has 19 heavy (non-hydrogen) atoms. The third-order valence-corrected chi connectivity index (χ3v) is 3.62. The van der Waals surface area contributed by atoms with Gasteiger partial charge in [0, 0.05) is 12.0 Å². The van der Waals surface area contributed by atoms with Crippen molar-refractivity contribution in [2.45, 2.75) is 39.2 Å². The van der Waals surface area contributed by atoms with Crippen molar-refractivity contribution in [3.8, 4) is 0 Å². The Balaban J connectivity index is 1.82. The summed E-state index contributed by atoms with van der Waals surface area (Å²) < 4.78 is 10.5. The summed E-state index contributed by atoms with van der Waals surface area (Å²) in [7, 11) is 0. The van der Waals surface area contributed by atoms with Gasteiger partial charge in [-0.05, 0) is 32.8 Å². The third-order valence-electron chi connectivity index (χ3n) is 3.62. The van der Waals surface area contributed by atoms with Crippen LogP contribution in [0.25, 0.3) is 0 Å². The zero-order valence-corrected chi connectivity index (χ0v) is 11.0. The van der Waals surface area contributed by atoms with Crippen molar-refractivity contribution in [2.24, 2.45) is 0 Å². The standard InChI is InChI=1S/C14H16N2O3/c1-8-13(9(2)19-16-8)14(17)15-11-4-3-5-12-10(11)6-7-18-12/h6-7,11H,3-5H2,1-2H3,(H,15,17)/t11-/m1/s1. The SMILES string of the molecule is Cc1noc(C)c1C(=O)N[C@@H]1CCCc2occc21. The van der Waals surface area contributed by atoms with E-state index in [1.54, 1.807) is 20.1 Å². The first-order valence-corrected chi connectivity index (χ1v) is 6.47. The van der Waals surface area contributed by atoms with Gasteiger partial charge in [-0.3, -0.25) is 4.79 Å². The highest BCUT2D eigenvalue weighted by atomic mass is 16.5. The van der Waals surface area contributed by atoms with Crippen LogP contribution in [0.3, 0.4) is 0 Å². The van der Waals surface area contributed by atoms with Crippen LogP contribution in [0, 0.1) is 13.8 Å². The summed E-state index contributed by atoms with van der Waals surface area (Å²) >= 11 is 0. The predicted molar refractivity (Wildman–Crippen MR) is 67.8 cm³/mol. The van der Waals surface area contributed by atoms with Crippen molar-refractivity contribution in [1.82, 2.24) is 10.5 Å². The van der Waals surface area contributed by atoms with Crippen molar-refractivity contribution < 1.29 is 13.7 Å². The summed E-state index contributed by atoms with van der Waals surface area (Å²) in [5.74, 6) is 1.41. The fraction of sp³-hybridized carbons (Fsp3) is 0.429. The summed E-state index contributed by atoms with van der Waals surface area (Å²) in [5.41, 5.74) is 2.25. The van der Waals surface area contributed by atoms with Gasteiger partial charge in [-0.2, -0.15) is 0 Å². The lowest BCUT2D eigenvalue weighted by atomic mass is 9.93. The fourth-order valence-corrected chi connectivity index (χ4v) is 2.67. The van der Waals surface area contributed by atoms with Gasteiger partial charge in [0.15, 0.2) is 0 Å². The van der Waals surface area contributed by atoms with E-state index in [9.17, 15) is 4.79 Å². The molecule has 1 N–H and O–H groups in total. The largest absolute Gasteiger partial charge is 0.469 e. The second kappa shape index (κ2) is 4.57. The minimum absolute atomic E-state index is 0.0173. The number of amides is 1. The first kappa shape index (κ1) is 12.0. The van der Waals surface area contributed by atoms with Crippen LogP contribution < -0.4 is 5.32 Å². The molecule has 0 aromatic carbocycles.